The van der Waals surface area contributed by atoms with Gasteiger partial charge >= 0.3 is 12.1 Å². The zero-order chi connectivity index (χ0) is 46.7. The molecule has 67 heavy (non-hydrogen) atoms. The summed E-state index contributed by atoms with van der Waals surface area (Å²) in [4.78, 5) is 58.2. The van der Waals surface area contributed by atoms with E-state index in [1.165, 1.54) is 92.9 Å². The molecule has 2 unspecified atom stereocenters. The van der Waals surface area contributed by atoms with Crippen LogP contribution in [0.2, 0.25) is 10.0 Å². The average molecular weight is 959 g/mol. The number of fused-ring (bicyclic) bond motifs is 2. The quantitative estimate of drug-likeness (QED) is 0.0668. The predicted molar refractivity (Wildman–Crippen MR) is 256 cm³/mol. The highest BCUT2D eigenvalue weighted by Crippen LogP contribution is 2.39. The van der Waals surface area contributed by atoms with E-state index in [0.29, 0.717) is 35.3 Å². The summed E-state index contributed by atoms with van der Waals surface area (Å²) >= 11 is 12.4. The van der Waals surface area contributed by atoms with Gasteiger partial charge < -0.3 is 36.2 Å². The van der Waals surface area contributed by atoms with Gasteiger partial charge in [-0.2, -0.15) is 19.6 Å². The molecule has 0 radical (unpaired) electrons. The summed E-state index contributed by atoms with van der Waals surface area (Å²) in [6.45, 7) is 8.36. The number of amides is 3. The van der Waals surface area contributed by atoms with E-state index in [1.54, 1.807) is 6.20 Å². The molecule has 2 aliphatic heterocycles. The Hall–Kier alpha value is -6.18. The van der Waals surface area contributed by atoms with E-state index in [0.717, 1.165) is 71.1 Å². The number of aromatic nitrogens is 4. The number of rotatable bonds is 10. The molecule has 2 aromatic heterocycles. The molecule has 0 bridgehead atoms. The molecule has 20 heteroatoms. The predicted octanol–water partition coefficient (Wildman–Crippen LogP) is 7.82. The van der Waals surface area contributed by atoms with Crippen molar-refractivity contribution >= 4 is 64.2 Å². The molecule has 9 rings (SSSR count). The van der Waals surface area contributed by atoms with Crippen LogP contribution in [0.5, 0.6) is 5.75 Å². The van der Waals surface area contributed by atoms with Gasteiger partial charge in [0.2, 0.25) is 11.8 Å². The second kappa shape index (κ2) is 23.5. The molecule has 356 valence electrons. The van der Waals surface area contributed by atoms with Crippen molar-refractivity contribution < 1.29 is 28.8 Å². The van der Waals surface area contributed by atoms with E-state index in [-0.39, 0.29) is 36.7 Å². The summed E-state index contributed by atoms with van der Waals surface area (Å²) < 4.78 is 7.18. The lowest BCUT2D eigenvalue weighted by Crippen LogP contribution is -2.35. The Morgan fingerprint density at radius 1 is 0.716 bits per heavy atom. The number of nitro benzene ring substituents is 1. The molecule has 4 heterocycles. The van der Waals surface area contributed by atoms with Gasteiger partial charge in [-0.1, -0.05) is 67.0 Å². The van der Waals surface area contributed by atoms with Crippen molar-refractivity contribution in [3.63, 3.8) is 0 Å². The van der Waals surface area contributed by atoms with Gasteiger partial charge in [0.1, 0.15) is 5.75 Å². The smallest absolute Gasteiger partial charge is 0.409 e. The van der Waals surface area contributed by atoms with Gasteiger partial charge in [-0.25, -0.2) is 9.59 Å². The number of non-ortho nitro benzene ring substituents is 1. The molecule has 0 spiro atoms. The van der Waals surface area contributed by atoms with Crippen molar-refractivity contribution in [3.05, 3.63) is 129 Å². The number of nitrogens with one attached hydrogen (secondary N) is 5. The second-order valence-corrected chi connectivity index (χ2v) is 17.8. The third-order valence-electron chi connectivity index (χ3n) is 12.2. The van der Waals surface area contributed by atoms with Crippen LogP contribution in [0.4, 0.5) is 26.7 Å². The van der Waals surface area contributed by atoms with Gasteiger partial charge in [0.15, 0.2) is 0 Å². The van der Waals surface area contributed by atoms with Crippen LogP contribution in [0.15, 0.2) is 97.6 Å². The number of halogens is 2. The van der Waals surface area contributed by atoms with Crippen molar-refractivity contribution in [2.75, 3.05) is 36.8 Å². The number of carbonyl (C=O) groups excluding carboxylic acids is 4. The largest absolute Gasteiger partial charge is 0.440 e. The van der Waals surface area contributed by atoms with Gasteiger partial charge in [-0.15, -0.1) is 0 Å². The first-order valence-corrected chi connectivity index (χ1v) is 22.6. The number of likely N-dealkylation sites (tertiary alicyclic amines) is 1. The minimum Gasteiger partial charge on any atom is -0.409 e. The summed E-state index contributed by atoms with van der Waals surface area (Å²) in [5, 5.41) is 35.8. The first-order valence-electron chi connectivity index (χ1n) is 21.8. The van der Waals surface area contributed by atoms with Crippen LogP contribution in [-0.4, -0.2) is 91.6 Å². The Labute approximate surface area is 399 Å². The number of nitro groups is 1. The number of anilines is 2. The molecular formula is C47H57Cl2N11O7. The van der Waals surface area contributed by atoms with E-state index >= 15 is 0 Å². The fourth-order valence-corrected chi connectivity index (χ4v) is 9.47. The molecule has 2 aliphatic carbocycles. The van der Waals surface area contributed by atoms with Crippen molar-refractivity contribution in [2.45, 2.75) is 72.1 Å². The van der Waals surface area contributed by atoms with Crippen molar-refractivity contribution in [1.82, 2.24) is 40.4 Å². The van der Waals surface area contributed by atoms with Gasteiger partial charge in [0.25, 0.3) is 5.69 Å². The molecule has 3 amide bonds. The van der Waals surface area contributed by atoms with Crippen LogP contribution in [-0.2, 0) is 22.7 Å². The average Bonchev–Trinajstić information content (AvgIpc) is 4.15. The number of carbonyl (C=O) groups is 4. The highest BCUT2D eigenvalue weighted by atomic mass is 35.5. The standard InChI is InChI=1S/C20H24ClN5O2.C14H19ClN2.C12H10N4O5.CH4/c1-13(27)24-18-9-23-26(12-18)20(28)25-10-15-6-17(7-16(15)11-25)22-8-14-4-2-3-5-19(14)21;15-14-4-2-1-3-10(14)9-17-13-5-11-7-16-8-12(11)6-13;1-8(17)14-9-6-13-15(7-9)12(18)21-11-4-2-10(3-5-11)16(19)20;/h2-5,9,12,15-17,22H,6-8,10-11H2,1H3,(H,24,27);1-4,11-13,16-17H,5-9H2;2-7H,1H3,(H,14,17);1H4/t15-,16+,17?;11-,12+,13?;;. The molecule has 18 nitrogen and oxygen atoms in total. The van der Waals surface area contributed by atoms with E-state index in [2.05, 4.69) is 48.9 Å². The first kappa shape index (κ1) is 50.2. The van der Waals surface area contributed by atoms with Gasteiger partial charge in [-0.05, 0) is 97.8 Å². The normalized spacial score (nSPS) is 21.0. The third kappa shape index (κ3) is 13.9. The Kier molecular flexibility index (Phi) is 17.6. The maximum absolute atomic E-state index is 12.7. The van der Waals surface area contributed by atoms with E-state index < -0.39 is 11.0 Å². The second-order valence-electron chi connectivity index (χ2n) is 17.0. The van der Waals surface area contributed by atoms with Crippen LogP contribution in [0.3, 0.4) is 0 Å². The van der Waals surface area contributed by atoms with Gasteiger partial charge in [0.05, 0.1) is 41.1 Å². The zero-order valence-electron chi connectivity index (χ0n) is 36.6. The Balaban J connectivity index is 0.000000170. The summed E-state index contributed by atoms with van der Waals surface area (Å²) in [6, 6.07) is 22.0. The first-order chi connectivity index (χ1) is 31.8. The summed E-state index contributed by atoms with van der Waals surface area (Å²) in [5.41, 5.74) is 3.10. The maximum Gasteiger partial charge on any atom is 0.440 e. The summed E-state index contributed by atoms with van der Waals surface area (Å²) in [7, 11) is 0. The fraction of sp³-hybridized carbons (Fsp3) is 0.404. The monoisotopic (exact) mass is 957 g/mol. The van der Waals surface area contributed by atoms with E-state index in [9.17, 15) is 29.3 Å². The topological polar surface area (TPSA) is 220 Å². The molecule has 5 aromatic rings. The molecule has 2 saturated heterocycles. The number of hydrogen-bond donors (Lipinski definition) is 5. The number of nitrogens with zero attached hydrogens (tertiary/aromatic N) is 6. The highest BCUT2D eigenvalue weighted by Gasteiger charge is 2.42. The van der Waals surface area contributed by atoms with Crippen LogP contribution >= 0.6 is 23.2 Å². The minimum absolute atomic E-state index is 0. The number of ether oxygens (including phenoxy) is 1. The van der Waals surface area contributed by atoms with Gasteiger partial charge in [0, 0.05) is 74.3 Å². The number of hydrogen-bond acceptors (Lipinski definition) is 12. The van der Waals surface area contributed by atoms with Crippen LogP contribution in [0, 0.1) is 33.8 Å². The molecule has 4 fully saturated rings. The molecule has 3 aromatic carbocycles. The van der Waals surface area contributed by atoms with Crippen LogP contribution in [0.25, 0.3) is 0 Å². The molecule has 5 N–H and O–H groups in total. The van der Waals surface area contributed by atoms with E-state index in [4.69, 9.17) is 27.9 Å². The maximum atomic E-state index is 12.7. The van der Waals surface area contributed by atoms with Crippen LogP contribution < -0.4 is 31.3 Å². The molecular weight excluding hydrogens is 901 g/mol. The Morgan fingerprint density at radius 3 is 1.66 bits per heavy atom. The Bertz CT molecular complexity index is 2470. The lowest BCUT2D eigenvalue weighted by Gasteiger charge is -2.19. The molecule has 6 atom stereocenters. The van der Waals surface area contributed by atoms with Crippen LogP contribution in [0.1, 0.15) is 58.1 Å². The highest BCUT2D eigenvalue weighted by molar-refractivity contribution is 6.31. The zero-order valence-corrected chi connectivity index (χ0v) is 38.1. The van der Waals surface area contributed by atoms with Crippen molar-refractivity contribution in [3.8, 4) is 5.75 Å². The number of benzene rings is 3. The fourth-order valence-electron chi connectivity index (χ4n) is 9.06. The van der Waals surface area contributed by atoms with E-state index in [1.807, 2.05) is 41.3 Å². The molecule has 4 aliphatic rings. The van der Waals surface area contributed by atoms with Crippen molar-refractivity contribution in [1.29, 1.82) is 0 Å². The SMILES string of the molecule is C.CC(=O)Nc1cnn(C(=O)N2C[C@H]3CC(NCc4ccccc4Cl)C[C@H]3C2)c1.CC(=O)Nc1cnn(C(=O)Oc2ccc([N+](=O)[O-])cc2)c1.Clc1ccccc1CNC1C[C@H]2CNC[C@H]2C1. The van der Waals surface area contributed by atoms with Gasteiger partial charge in [-0.3, -0.25) is 19.7 Å². The molecule has 2 saturated carbocycles. The lowest BCUT2D eigenvalue weighted by atomic mass is 10.0. The lowest BCUT2D eigenvalue weighted by molar-refractivity contribution is -0.384. The summed E-state index contributed by atoms with van der Waals surface area (Å²) in [6.07, 6.45) is 9.60. The van der Waals surface area contributed by atoms with Crippen molar-refractivity contribution in [2.24, 2.45) is 23.7 Å². The summed E-state index contributed by atoms with van der Waals surface area (Å²) in [5.74, 6) is 2.49. The Morgan fingerprint density at radius 2 is 1.18 bits per heavy atom. The third-order valence-corrected chi connectivity index (χ3v) is 12.9. The minimum atomic E-state index is -0.805.